The van der Waals surface area contributed by atoms with Gasteiger partial charge in [-0.25, -0.2) is 0 Å². The highest BCUT2D eigenvalue weighted by Crippen LogP contribution is 2.47. The SMILES string of the molecule is [2H]C=C([2H])/C([2H])=C(/[2H])c1cc(C([2H])=C[2H])c(C([2H])=C[2H])c([2H])c1N(c1c([2H])c([2H])c(-c2c([2H])c([2H])c([2H])c([2H])c2[2H])c([2H])c1[2H])c1c([2H])c2c(oc3c([2H])c([2H])c(-c4c([2H])c([2H])c([2H])c([2H])c4[2H])c([2H])c32)c2c([2H])c([2H])c([2H])c([2H])c12. The molecule has 8 rings (SSSR count). The Kier molecular flexibility index (Phi) is 3.08. The van der Waals surface area contributed by atoms with E-state index in [9.17, 15) is 15.1 Å². The molecule has 0 fully saturated rings. The van der Waals surface area contributed by atoms with Crippen LogP contribution in [0.3, 0.4) is 0 Å². The van der Waals surface area contributed by atoms with Crippen LogP contribution in [-0.4, -0.2) is 0 Å². The van der Waals surface area contributed by atoms with Gasteiger partial charge in [-0.15, -0.1) is 0 Å². The van der Waals surface area contributed by atoms with Crippen LogP contribution in [-0.2, 0) is 0 Å². The molecule has 0 atom stereocenters. The van der Waals surface area contributed by atoms with E-state index in [1.807, 2.05) is 0 Å². The Morgan fingerprint density at radius 3 is 1.96 bits per heavy atom. The van der Waals surface area contributed by atoms with Gasteiger partial charge in [0, 0.05) is 27.2 Å². The molecule has 0 aliphatic heterocycles. The highest BCUT2D eigenvalue weighted by atomic mass is 16.3. The van der Waals surface area contributed by atoms with Gasteiger partial charge in [-0.2, -0.15) is 0 Å². The summed E-state index contributed by atoms with van der Waals surface area (Å²) in [6, 6.07) is -28.4. The molecular weight excluding hydrogens is 607 g/mol. The van der Waals surface area contributed by atoms with Crippen LogP contribution in [0.4, 0.5) is 17.1 Å². The molecule has 238 valence electrons. The van der Waals surface area contributed by atoms with Crippen molar-refractivity contribution in [3.05, 3.63) is 194 Å². The minimum absolute atomic E-state index is 0.319. The molecular formula is C48H35NO. The number of furan rings is 1. The topological polar surface area (TPSA) is 16.4 Å². The van der Waals surface area contributed by atoms with Gasteiger partial charge in [0.15, 0.2) is 0 Å². The minimum Gasteiger partial charge on any atom is -0.455 e. The zero-order valence-electron chi connectivity index (χ0n) is 56.2. The molecule has 0 spiro atoms. The van der Waals surface area contributed by atoms with Gasteiger partial charge in [-0.05, 0) is 81.3 Å². The monoisotopic (exact) mass is 672 g/mol. The van der Waals surface area contributed by atoms with Crippen LogP contribution >= 0.6 is 0 Å². The molecule has 0 bridgehead atoms. The van der Waals surface area contributed by atoms with Crippen LogP contribution in [0.25, 0.3) is 73.1 Å². The summed E-state index contributed by atoms with van der Waals surface area (Å²) in [6.45, 7) is 1.09. The maximum atomic E-state index is 10.3. The molecule has 8 aromatic rings. The third-order valence-electron chi connectivity index (χ3n) is 7.26. The Bertz CT molecular complexity index is 4220. The summed E-state index contributed by atoms with van der Waals surface area (Å²) in [6.07, 6.45) is 0. The normalized spacial score (nSPS) is 21.8. The zero-order valence-corrected chi connectivity index (χ0v) is 25.2. The van der Waals surface area contributed by atoms with Crippen molar-refractivity contribution in [3.63, 3.8) is 0 Å². The molecule has 2 nitrogen and oxygen atoms in total. The molecule has 1 aromatic heterocycles. The first-order valence-corrected chi connectivity index (χ1v) is 14.3. The Hall–Kier alpha value is -6.64. The number of anilines is 3. The van der Waals surface area contributed by atoms with E-state index in [4.69, 9.17) is 31.8 Å². The molecule has 1 heterocycles. The average molecular weight is 673 g/mol. The van der Waals surface area contributed by atoms with Crippen molar-refractivity contribution in [3.8, 4) is 22.3 Å². The van der Waals surface area contributed by atoms with E-state index in [1.54, 1.807) is 0 Å². The van der Waals surface area contributed by atoms with Gasteiger partial charge < -0.3 is 9.32 Å². The fraction of sp³-hybridized carbons (Fsp3) is 0. The second-order valence-electron chi connectivity index (χ2n) is 10.0. The lowest BCUT2D eigenvalue weighted by molar-refractivity contribution is 0.672. The summed E-state index contributed by atoms with van der Waals surface area (Å²) in [4.78, 5) is 0.433. The first-order chi connectivity index (χ1) is 37.8. The first-order valence-electron chi connectivity index (χ1n) is 30.0. The minimum atomic E-state index is -1.31. The van der Waals surface area contributed by atoms with Crippen LogP contribution in [0.5, 0.6) is 0 Å². The number of hydrogen-bond acceptors (Lipinski definition) is 2. The average Bonchev–Trinajstić information content (AvgIpc) is 3.59. The Labute approximate surface area is 336 Å². The van der Waals surface area contributed by atoms with Crippen LogP contribution in [0.15, 0.2) is 181 Å². The van der Waals surface area contributed by atoms with Crippen molar-refractivity contribution in [2.45, 2.75) is 0 Å². The maximum absolute atomic E-state index is 10.3. The van der Waals surface area contributed by atoms with E-state index in [0.717, 1.165) is 6.07 Å². The molecule has 0 radical (unpaired) electrons. The molecule has 7 aromatic carbocycles. The summed E-state index contributed by atoms with van der Waals surface area (Å²) < 4.78 is 282. The van der Waals surface area contributed by atoms with Crippen molar-refractivity contribution < 1.29 is 46.9 Å². The molecule has 50 heavy (non-hydrogen) atoms. The molecule has 0 amide bonds. The molecule has 0 aliphatic rings. The molecule has 0 saturated heterocycles. The summed E-state index contributed by atoms with van der Waals surface area (Å²) in [5.74, 6) is 0. The van der Waals surface area contributed by atoms with Crippen LogP contribution in [0, 0.1) is 0 Å². The van der Waals surface area contributed by atoms with E-state index in [-0.39, 0.29) is 0 Å². The summed E-state index contributed by atoms with van der Waals surface area (Å²) in [5, 5.41) is -3.15. The van der Waals surface area contributed by atoms with Crippen LogP contribution < -0.4 is 4.90 Å². The fourth-order valence-corrected chi connectivity index (χ4v) is 5.11. The molecule has 0 aliphatic carbocycles. The summed E-state index contributed by atoms with van der Waals surface area (Å²) >= 11 is 0. The standard InChI is InChI=1S/C48H35NO/c1-4-7-16-39-29-33(5-2)34(6-3)31-45(39)49(40-26-23-37(24-27-40)35-17-10-8-11-18-35)46-32-44-43-30-38(36-19-12-9-13-20-36)25-28-47(43)50-48(44)42-22-15-14-21-41(42)46/h4-32H,1-3H2/b16-7-/i1D,2D,3D,4D,5D,6D,7D,8D,9D,10D,11D,12D,13D,14D,15D,16D,17D,18D,19D,20D,21D,22D,23D,24D,25D,26D,27D,28D,30D,31D,32D/b4-1?,5-2?,6-3?,16-7-. The third kappa shape index (κ3) is 5.43. The van der Waals surface area contributed by atoms with Crippen LogP contribution in [0.2, 0.25) is 0 Å². The molecule has 0 N–H and O–H groups in total. The number of rotatable bonds is 9. The largest absolute Gasteiger partial charge is 0.455 e. The number of hydrogen-bond donors (Lipinski definition) is 0. The lowest BCUT2D eigenvalue weighted by Crippen LogP contribution is -2.12. The molecule has 0 saturated carbocycles. The highest BCUT2D eigenvalue weighted by Gasteiger charge is 2.23. The van der Waals surface area contributed by atoms with Crippen molar-refractivity contribution in [1.82, 2.24) is 0 Å². The van der Waals surface area contributed by atoms with E-state index >= 15 is 0 Å². The van der Waals surface area contributed by atoms with E-state index < -0.39 is 258 Å². The molecule has 0 unspecified atom stereocenters. The smallest absolute Gasteiger partial charge is 0.143 e. The van der Waals surface area contributed by atoms with Crippen molar-refractivity contribution in [2.24, 2.45) is 0 Å². The van der Waals surface area contributed by atoms with Gasteiger partial charge in [-0.3, -0.25) is 0 Å². The van der Waals surface area contributed by atoms with E-state index in [0.29, 0.717) is 24.6 Å². The third-order valence-corrected chi connectivity index (χ3v) is 7.26. The van der Waals surface area contributed by atoms with Crippen molar-refractivity contribution in [2.75, 3.05) is 4.90 Å². The van der Waals surface area contributed by atoms with Crippen LogP contribution in [0.1, 0.15) is 59.2 Å². The van der Waals surface area contributed by atoms with E-state index in [2.05, 4.69) is 0 Å². The number of fused-ring (bicyclic) bond motifs is 5. The Morgan fingerprint density at radius 1 is 0.560 bits per heavy atom. The first kappa shape index (κ1) is 11.8. The number of nitrogens with zero attached hydrogens (tertiary/aromatic N) is 1. The number of allylic oxidation sites excluding steroid dienone is 2. The van der Waals surface area contributed by atoms with Crippen molar-refractivity contribution in [1.29, 1.82) is 0 Å². The van der Waals surface area contributed by atoms with Gasteiger partial charge >= 0.3 is 0 Å². The van der Waals surface area contributed by atoms with Gasteiger partial charge in [0.25, 0.3) is 0 Å². The Morgan fingerprint density at radius 2 is 1.22 bits per heavy atom. The summed E-state index contributed by atoms with van der Waals surface area (Å²) in [7, 11) is 0. The summed E-state index contributed by atoms with van der Waals surface area (Å²) in [5.41, 5.74) is -10.5. The van der Waals surface area contributed by atoms with Gasteiger partial charge in [0.1, 0.15) is 11.2 Å². The predicted octanol–water partition coefficient (Wildman–Crippen LogP) is 14.0. The number of benzene rings is 7. The lowest BCUT2D eigenvalue weighted by atomic mass is 9.97. The fourth-order valence-electron chi connectivity index (χ4n) is 5.11. The van der Waals surface area contributed by atoms with E-state index in [1.165, 1.54) is 0 Å². The second kappa shape index (κ2) is 13.1. The second-order valence-corrected chi connectivity index (χ2v) is 10.0. The van der Waals surface area contributed by atoms with Crippen molar-refractivity contribution >= 4 is 67.9 Å². The van der Waals surface area contributed by atoms with Gasteiger partial charge in [0.05, 0.1) is 53.9 Å². The predicted molar refractivity (Wildman–Crippen MR) is 216 cm³/mol. The van der Waals surface area contributed by atoms with Gasteiger partial charge in [-0.1, -0.05) is 153 Å². The quantitative estimate of drug-likeness (QED) is 0.142. The maximum Gasteiger partial charge on any atom is 0.143 e. The highest BCUT2D eigenvalue weighted by molar-refractivity contribution is 6.20. The molecule has 2 heteroatoms. The Balaban J connectivity index is 1.78. The van der Waals surface area contributed by atoms with Gasteiger partial charge in [0.2, 0.25) is 0 Å². The lowest BCUT2D eigenvalue weighted by Gasteiger charge is -2.29. The zero-order chi connectivity index (χ0) is 60.5.